The summed E-state index contributed by atoms with van der Waals surface area (Å²) in [4.78, 5) is 2.38. The lowest BCUT2D eigenvalue weighted by Crippen LogP contribution is -2.51. The highest BCUT2D eigenvalue weighted by atomic mass is 16.5. The molecule has 2 aliphatic rings. The van der Waals surface area contributed by atoms with Gasteiger partial charge in [0.05, 0.1) is 50.4 Å². The van der Waals surface area contributed by atoms with Crippen LogP contribution >= 0.6 is 0 Å². The van der Waals surface area contributed by atoms with Crippen LogP contribution in [-0.4, -0.2) is 96.9 Å². The summed E-state index contributed by atoms with van der Waals surface area (Å²) in [6, 6.07) is 15.0. The molecule has 0 aliphatic carbocycles. The Morgan fingerprint density at radius 2 is 1.67 bits per heavy atom. The van der Waals surface area contributed by atoms with Crippen LogP contribution < -0.4 is 15.0 Å². The van der Waals surface area contributed by atoms with Crippen LogP contribution in [0.15, 0.2) is 42.5 Å². The Morgan fingerprint density at radius 1 is 0.930 bits per heavy atom. The topological polar surface area (TPSA) is 90.9 Å². The second kappa shape index (κ2) is 18.5. The standard InChI is InChI=1S/C34H52N2O7/c1-4-7-29(37)25-43-33-22-35-21-32(34(33)28-11-8-26(9-12-28)23-40-18-6-17-39-3)42-24-27-10-13-31-30(20-27)36(15-19-41-31)14-5-16-38-2/h8-13,20,29,32-35,37H,4-7,14-19,21-25H2,1-3H3/t29?,32-,33+,34?/m0/s1. The molecule has 0 spiro atoms. The number of rotatable bonds is 19. The van der Waals surface area contributed by atoms with Crippen LogP contribution in [0.4, 0.5) is 5.69 Å². The molecule has 2 aromatic rings. The molecule has 240 valence electrons. The molecule has 2 unspecified atom stereocenters. The van der Waals surface area contributed by atoms with Crippen molar-refractivity contribution in [2.45, 2.75) is 70.1 Å². The van der Waals surface area contributed by atoms with Gasteiger partial charge in [0.1, 0.15) is 12.4 Å². The monoisotopic (exact) mass is 600 g/mol. The van der Waals surface area contributed by atoms with Crippen molar-refractivity contribution in [3.63, 3.8) is 0 Å². The maximum Gasteiger partial charge on any atom is 0.142 e. The lowest BCUT2D eigenvalue weighted by atomic mass is 9.85. The molecule has 1 fully saturated rings. The fraction of sp³-hybridized carbons (Fsp3) is 0.647. The van der Waals surface area contributed by atoms with E-state index in [0.717, 1.165) is 74.5 Å². The second-order valence-electron chi connectivity index (χ2n) is 11.5. The van der Waals surface area contributed by atoms with Crippen molar-refractivity contribution in [2.75, 3.05) is 78.3 Å². The first kappa shape index (κ1) is 33.6. The minimum atomic E-state index is -0.464. The summed E-state index contributed by atoms with van der Waals surface area (Å²) >= 11 is 0. The van der Waals surface area contributed by atoms with E-state index in [2.05, 4.69) is 59.6 Å². The van der Waals surface area contributed by atoms with Gasteiger partial charge in [-0.2, -0.15) is 0 Å². The van der Waals surface area contributed by atoms with Gasteiger partial charge in [-0.3, -0.25) is 0 Å². The molecule has 2 aliphatic heterocycles. The van der Waals surface area contributed by atoms with Gasteiger partial charge >= 0.3 is 0 Å². The quantitative estimate of drug-likeness (QED) is 0.229. The molecule has 0 amide bonds. The van der Waals surface area contributed by atoms with E-state index >= 15 is 0 Å². The number of piperidine rings is 1. The highest BCUT2D eigenvalue weighted by Gasteiger charge is 2.36. The van der Waals surface area contributed by atoms with Gasteiger partial charge < -0.3 is 43.7 Å². The number of ether oxygens (including phenoxy) is 6. The minimum Gasteiger partial charge on any atom is -0.490 e. The molecule has 2 N–H and O–H groups in total. The smallest absolute Gasteiger partial charge is 0.142 e. The molecule has 4 atom stereocenters. The van der Waals surface area contributed by atoms with Crippen molar-refractivity contribution in [3.05, 3.63) is 59.2 Å². The lowest BCUT2D eigenvalue weighted by Gasteiger charge is -2.39. The molecule has 0 radical (unpaired) electrons. The van der Waals surface area contributed by atoms with E-state index in [1.807, 2.05) is 0 Å². The van der Waals surface area contributed by atoms with Crippen molar-refractivity contribution in [2.24, 2.45) is 0 Å². The SMILES string of the molecule is CCCC(O)CO[C@@H]1CNC[C@H](OCc2ccc3c(c2)N(CCCOC)CCO3)C1c1ccc(COCCCOC)cc1. The number of methoxy groups -OCH3 is 2. The molecule has 9 heteroatoms. The van der Waals surface area contributed by atoms with Gasteiger partial charge in [0.25, 0.3) is 0 Å². The zero-order valence-corrected chi connectivity index (χ0v) is 26.3. The third kappa shape index (κ3) is 10.4. The average molecular weight is 601 g/mol. The van der Waals surface area contributed by atoms with Crippen LogP contribution in [0.5, 0.6) is 5.75 Å². The van der Waals surface area contributed by atoms with E-state index in [1.54, 1.807) is 14.2 Å². The summed E-state index contributed by atoms with van der Waals surface area (Å²) in [6.07, 6.45) is 2.84. The Bertz CT molecular complexity index is 1050. The number of fused-ring (bicyclic) bond motifs is 1. The van der Waals surface area contributed by atoms with Gasteiger partial charge in [-0.1, -0.05) is 43.7 Å². The van der Waals surface area contributed by atoms with E-state index in [1.165, 1.54) is 5.56 Å². The van der Waals surface area contributed by atoms with Crippen LogP contribution in [0, 0.1) is 0 Å². The van der Waals surface area contributed by atoms with Gasteiger partial charge in [-0.25, -0.2) is 0 Å². The minimum absolute atomic E-state index is 0.0262. The highest BCUT2D eigenvalue weighted by molar-refractivity contribution is 5.61. The van der Waals surface area contributed by atoms with Crippen molar-refractivity contribution < 1.29 is 33.5 Å². The molecule has 2 aromatic carbocycles. The normalized spacial score (nSPS) is 20.9. The number of nitrogens with zero attached hydrogens (tertiary/aromatic N) is 1. The molecule has 43 heavy (non-hydrogen) atoms. The summed E-state index contributed by atoms with van der Waals surface area (Å²) in [6.45, 7) is 9.51. The van der Waals surface area contributed by atoms with Crippen LogP contribution in [0.25, 0.3) is 0 Å². The second-order valence-corrected chi connectivity index (χ2v) is 11.5. The van der Waals surface area contributed by atoms with Gasteiger partial charge in [0, 0.05) is 59.6 Å². The third-order valence-electron chi connectivity index (χ3n) is 8.11. The summed E-state index contributed by atoms with van der Waals surface area (Å²) in [5.74, 6) is 0.949. The average Bonchev–Trinajstić information content (AvgIpc) is 3.03. The number of benzene rings is 2. The molecule has 0 saturated carbocycles. The largest absolute Gasteiger partial charge is 0.490 e. The third-order valence-corrected chi connectivity index (χ3v) is 8.11. The molecule has 1 saturated heterocycles. The van der Waals surface area contributed by atoms with Gasteiger partial charge in [0.15, 0.2) is 0 Å². The summed E-state index contributed by atoms with van der Waals surface area (Å²) in [5, 5.41) is 13.9. The molecule has 0 aromatic heterocycles. The van der Waals surface area contributed by atoms with Crippen molar-refractivity contribution in [3.8, 4) is 5.75 Å². The predicted molar refractivity (Wildman–Crippen MR) is 168 cm³/mol. The first-order chi connectivity index (χ1) is 21.1. The molecule has 4 rings (SSSR count). The molecular formula is C34H52N2O7. The molecule has 2 heterocycles. The van der Waals surface area contributed by atoms with Crippen LogP contribution in [-0.2, 0) is 36.9 Å². The fourth-order valence-corrected chi connectivity index (χ4v) is 5.84. The van der Waals surface area contributed by atoms with E-state index in [4.69, 9.17) is 28.4 Å². The van der Waals surface area contributed by atoms with Crippen LogP contribution in [0.3, 0.4) is 0 Å². The van der Waals surface area contributed by atoms with Gasteiger partial charge in [-0.05, 0) is 48.1 Å². The number of aliphatic hydroxyl groups is 1. The van der Waals surface area contributed by atoms with Crippen LogP contribution in [0.1, 0.15) is 55.2 Å². The van der Waals surface area contributed by atoms with E-state index in [-0.39, 0.29) is 18.1 Å². The zero-order chi connectivity index (χ0) is 30.3. The lowest BCUT2D eigenvalue weighted by molar-refractivity contribution is -0.0783. The first-order valence-corrected chi connectivity index (χ1v) is 15.9. The Balaban J connectivity index is 1.45. The predicted octanol–water partition coefficient (Wildman–Crippen LogP) is 4.29. The number of anilines is 1. The maximum absolute atomic E-state index is 10.4. The molecule has 9 nitrogen and oxygen atoms in total. The summed E-state index contributed by atoms with van der Waals surface area (Å²) < 4.78 is 35.1. The Kier molecular flexibility index (Phi) is 14.5. The van der Waals surface area contributed by atoms with Gasteiger partial charge in [0.2, 0.25) is 0 Å². The van der Waals surface area contributed by atoms with E-state index < -0.39 is 6.10 Å². The fourth-order valence-electron chi connectivity index (χ4n) is 5.84. The maximum atomic E-state index is 10.4. The van der Waals surface area contributed by atoms with E-state index in [0.29, 0.717) is 46.2 Å². The van der Waals surface area contributed by atoms with Gasteiger partial charge in [-0.15, -0.1) is 0 Å². The Labute approximate surface area is 257 Å². The highest BCUT2D eigenvalue weighted by Crippen LogP contribution is 2.35. The summed E-state index contributed by atoms with van der Waals surface area (Å²) in [5.41, 5.74) is 4.54. The zero-order valence-electron chi connectivity index (χ0n) is 26.3. The van der Waals surface area contributed by atoms with Crippen molar-refractivity contribution in [1.82, 2.24) is 5.32 Å². The van der Waals surface area contributed by atoms with Crippen LogP contribution in [0.2, 0.25) is 0 Å². The number of nitrogens with one attached hydrogen (secondary N) is 1. The number of hydrogen-bond acceptors (Lipinski definition) is 9. The Hall–Kier alpha value is -2.24. The molecule has 0 bridgehead atoms. The number of hydrogen-bond donors (Lipinski definition) is 2. The van der Waals surface area contributed by atoms with Crippen molar-refractivity contribution in [1.29, 1.82) is 0 Å². The first-order valence-electron chi connectivity index (χ1n) is 15.9. The van der Waals surface area contributed by atoms with Crippen molar-refractivity contribution >= 4 is 5.69 Å². The van der Waals surface area contributed by atoms with E-state index in [9.17, 15) is 5.11 Å². The molecular weight excluding hydrogens is 548 g/mol. The Morgan fingerprint density at radius 3 is 2.44 bits per heavy atom. The summed E-state index contributed by atoms with van der Waals surface area (Å²) in [7, 11) is 3.45. The number of aliphatic hydroxyl groups excluding tert-OH is 1.